The normalized spacial score (nSPS) is 19.7. The van der Waals surface area contributed by atoms with Gasteiger partial charge < -0.3 is 10.1 Å². The zero-order valence-electron chi connectivity index (χ0n) is 13.4. The molecule has 3 nitrogen and oxygen atoms in total. The van der Waals surface area contributed by atoms with E-state index in [0.717, 1.165) is 19.4 Å². The van der Waals surface area contributed by atoms with Crippen molar-refractivity contribution in [2.24, 2.45) is 5.92 Å². The molecule has 1 aliphatic rings. The lowest BCUT2D eigenvalue weighted by Crippen LogP contribution is -2.33. The Morgan fingerprint density at radius 1 is 1.33 bits per heavy atom. The summed E-state index contributed by atoms with van der Waals surface area (Å²) in [6.07, 6.45) is 2.93. The smallest absolute Gasteiger partial charge is 0.220 e. The first-order valence-electron chi connectivity index (χ1n) is 8.01. The first-order chi connectivity index (χ1) is 10.1. The number of amides is 1. The molecule has 0 bridgehead atoms. The van der Waals surface area contributed by atoms with Gasteiger partial charge >= 0.3 is 0 Å². The molecule has 1 heterocycles. The van der Waals surface area contributed by atoms with Crippen molar-refractivity contribution < 1.29 is 9.53 Å². The highest BCUT2D eigenvalue weighted by molar-refractivity contribution is 5.77. The number of rotatable bonds is 6. The highest BCUT2D eigenvalue weighted by Gasteiger charge is 2.21. The van der Waals surface area contributed by atoms with E-state index in [4.69, 9.17) is 4.74 Å². The summed E-state index contributed by atoms with van der Waals surface area (Å²) in [5.74, 6) is 0.848. The summed E-state index contributed by atoms with van der Waals surface area (Å²) in [5, 5.41) is 3.03. The van der Waals surface area contributed by atoms with Crippen molar-refractivity contribution in [3.05, 3.63) is 35.4 Å². The number of benzene rings is 1. The Bertz CT molecular complexity index is 447. The van der Waals surface area contributed by atoms with Gasteiger partial charge in [0, 0.05) is 19.6 Å². The second-order valence-corrected chi connectivity index (χ2v) is 6.40. The molecule has 0 saturated carbocycles. The third kappa shape index (κ3) is 4.85. The maximum Gasteiger partial charge on any atom is 0.220 e. The molecule has 1 aromatic rings. The average molecular weight is 289 g/mol. The molecule has 0 aliphatic carbocycles. The minimum absolute atomic E-state index is 0.129. The monoisotopic (exact) mass is 289 g/mol. The first kappa shape index (κ1) is 16.0. The molecule has 1 saturated heterocycles. The summed E-state index contributed by atoms with van der Waals surface area (Å²) in [6.45, 7) is 7.92. The molecule has 0 aromatic heterocycles. The lowest BCUT2D eigenvalue weighted by molar-refractivity contribution is -0.122. The Labute approximate surface area is 128 Å². The van der Waals surface area contributed by atoms with Crippen LogP contribution >= 0.6 is 0 Å². The van der Waals surface area contributed by atoms with E-state index in [1.165, 1.54) is 11.1 Å². The second kappa shape index (κ2) is 7.60. The van der Waals surface area contributed by atoms with Crippen LogP contribution in [0, 0.1) is 12.8 Å². The molecular weight excluding hydrogens is 262 g/mol. The van der Waals surface area contributed by atoms with E-state index in [1.54, 1.807) is 0 Å². The summed E-state index contributed by atoms with van der Waals surface area (Å²) >= 11 is 0. The summed E-state index contributed by atoms with van der Waals surface area (Å²) in [7, 11) is 0. The van der Waals surface area contributed by atoms with Crippen molar-refractivity contribution in [1.29, 1.82) is 0 Å². The van der Waals surface area contributed by atoms with Crippen LogP contribution in [0.1, 0.15) is 50.2 Å². The van der Waals surface area contributed by atoms with E-state index in [9.17, 15) is 4.79 Å². The van der Waals surface area contributed by atoms with Crippen LogP contribution < -0.4 is 5.32 Å². The summed E-state index contributed by atoms with van der Waals surface area (Å²) in [4.78, 5) is 12.2. The maximum absolute atomic E-state index is 12.2. The zero-order valence-corrected chi connectivity index (χ0v) is 13.4. The van der Waals surface area contributed by atoms with Crippen molar-refractivity contribution in [2.45, 2.75) is 52.1 Å². The predicted octanol–water partition coefficient (Wildman–Crippen LogP) is 3.42. The van der Waals surface area contributed by atoms with Crippen LogP contribution in [0.15, 0.2) is 24.3 Å². The van der Waals surface area contributed by atoms with Crippen molar-refractivity contribution in [1.82, 2.24) is 5.32 Å². The number of nitrogens with one attached hydrogen (secondary N) is 1. The molecule has 2 rings (SSSR count). The van der Waals surface area contributed by atoms with Gasteiger partial charge in [-0.25, -0.2) is 0 Å². The fourth-order valence-electron chi connectivity index (χ4n) is 2.86. The summed E-state index contributed by atoms with van der Waals surface area (Å²) in [5.41, 5.74) is 2.51. The molecule has 0 radical (unpaired) electrons. The molecular formula is C18H27NO2. The van der Waals surface area contributed by atoms with Gasteiger partial charge in [-0.05, 0) is 37.2 Å². The van der Waals surface area contributed by atoms with Gasteiger partial charge in [0.25, 0.3) is 0 Å². The topological polar surface area (TPSA) is 38.3 Å². The van der Waals surface area contributed by atoms with E-state index in [0.29, 0.717) is 18.9 Å². The lowest BCUT2D eigenvalue weighted by Gasteiger charge is -2.21. The molecule has 0 spiro atoms. The molecule has 1 amide bonds. The van der Waals surface area contributed by atoms with Gasteiger partial charge in [-0.1, -0.05) is 43.7 Å². The predicted molar refractivity (Wildman–Crippen MR) is 85.4 cm³/mol. The van der Waals surface area contributed by atoms with Gasteiger partial charge in [0.1, 0.15) is 0 Å². The Hall–Kier alpha value is -1.35. The van der Waals surface area contributed by atoms with Crippen molar-refractivity contribution in [2.75, 3.05) is 13.2 Å². The number of carbonyl (C=O) groups excluding carboxylic acids is 1. The van der Waals surface area contributed by atoms with Crippen LogP contribution in [-0.2, 0) is 9.53 Å². The van der Waals surface area contributed by atoms with Gasteiger partial charge in [-0.3, -0.25) is 4.79 Å². The van der Waals surface area contributed by atoms with Crippen molar-refractivity contribution >= 4 is 5.91 Å². The van der Waals surface area contributed by atoms with Crippen molar-refractivity contribution in [3.63, 3.8) is 0 Å². The molecule has 1 aromatic carbocycles. The summed E-state index contributed by atoms with van der Waals surface area (Å²) < 4.78 is 5.54. The minimum atomic E-state index is 0.129. The molecule has 3 heteroatoms. The molecule has 2 atom stereocenters. The quantitative estimate of drug-likeness (QED) is 0.871. The maximum atomic E-state index is 12.2. The fraction of sp³-hybridized carbons (Fsp3) is 0.611. The van der Waals surface area contributed by atoms with Gasteiger partial charge in [-0.15, -0.1) is 0 Å². The average Bonchev–Trinajstić information content (AvgIpc) is 2.97. The Morgan fingerprint density at radius 2 is 2.05 bits per heavy atom. The van der Waals surface area contributed by atoms with E-state index in [2.05, 4.69) is 50.4 Å². The number of ether oxygens (including phenoxy) is 1. The van der Waals surface area contributed by atoms with E-state index in [-0.39, 0.29) is 17.9 Å². The van der Waals surface area contributed by atoms with Gasteiger partial charge in [0.15, 0.2) is 0 Å². The van der Waals surface area contributed by atoms with E-state index in [1.807, 2.05) is 0 Å². The first-order valence-corrected chi connectivity index (χ1v) is 8.01. The molecule has 116 valence electrons. The highest BCUT2D eigenvalue weighted by Crippen LogP contribution is 2.28. The summed E-state index contributed by atoms with van der Waals surface area (Å²) in [6, 6.07) is 8.53. The van der Waals surface area contributed by atoms with Gasteiger partial charge in [0.2, 0.25) is 5.91 Å². The Kier molecular flexibility index (Phi) is 5.80. The lowest BCUT2D eigenvalue weighted by atomic mass is 9.85. The standard InChI is InChI=1S/C18H27NO2/c1-13(2)17(15-8-6-14(3)7-9-15)11-18(20)19-12-16-5-4-10-21-16/h6-9,13,16-17H,4-5,10-12H2,1-3H3,(H,19,20). The fourth-order valence-corrected chi connectivity index (χ4v) is 2.86. The number of hydrogen-bond donors (Lipinski definition) is 1. The van der Waals surface area contributed by atoms with Crippen LogP contribution in [0.5, 0.6) is 0 Å². The largest absolute Gasteiger partial charge is 0.376 e. The molecule has 1 fully saturated rings. The minimum Gasteiger partial charge on any atom is -0.376 e. The molecule has 1 N–H and O–H groups in total. The van der Waals surface area contributed by atoms with Crippen LogP contribution in [0.4, 0.5) is 0 Å². The Morgan fingerprint density at radius 3 is 2.62 bits per heavy atom. The SMILES string of the molecule is Cc1ccc(C(CC(=O)NCC2CCCO2)C(C)C)cc1. The number of aryl methyl sites for hydroxylation is 1. The third-order valence-electron chi connectivity index (χ3n) is 4.27. The van der Waals surface area contributed by atoms with Crippen LogP contribution in [0.25, 0.3) is 0 Å². The van der Waals surface area contributed by atoms with Gasteiger partial charge in [-0.2, -0.15) is 0 Å². The number of carbonyl (C=O) groups is 1. The highest BCUT2D eigenvalue weighted by atomic mass is 16.5. The molecule has 2 unspecified atom stereocenters. The van der Waals surface area contributed by atoms with E-state index >= 15 is 0 Å². The van der Waals surface area contributed by atoms with Crippen LogP contribution in [-0.4, -0.2) is 25.2 Å². The molecule has 21 heavy (non-hydrogen) atoms. The Balaban J connectivity index is 1.89. The van der Waals surface area contributed by atoms with Gasteiger partial charge in [0.05, 0.1) is 6.10 Å². The number of hydrogen-bond acceptors (Lipinski definition) is 2. The van der Waals surface area contributed by atoms with E-state index < -0.39 is 0 Å². The third-order valence-corrected chi connectivity index (χ3v) is 4.27. The van der Waals surface area contributed by atoms with Crippen LogP contribution in [0.3, 0.4) is 0 Å². The van der Waals surface area contributed by atoms with Crippen LogP contribution in [0.2, 0.25) is 0 Å². The molecule has 1 aliphatic heterocycles. The zero-order chi connectivity index (χ0) is 15.2. The second-order valence-electron chi connectivity index (χ2n) is 6.40. The van der Waals surface area contributed by atoms with Crippen molar-refractivity contribution in [3.8, 4) is 0 Å².